The van der Waals surface area contributed by atoms with Crippen LogP contribution in [0.4, 0.5) is 4.79 Å². The van der Waals surface area contributed by atoms with Crippen LogP contribution in [0.2, 0.25) is 0 Å². The Hall–Kier alpha value is -2.39. The lowest BCUT2D eigenvalue weighted by Gasteiger charge is -2.23. The standard InChI is InChI=1S/C16H22N4O4S/c1-10(9-23-3)17-14(25)19-20-13(21)16(2,18-15(20)22)11-6-5-7-12(8-11)24-4/h5-8,10H,9H2,1-4H3,(H,18,22)(H2,17,19,25)/t10-,16-/m1/s1. The molecule has 2 atom stereocenters. The summed E-state index contributed by atoms with van der Waals surface area (Å²) in [5.41, 5.74) is 2.02. The second kappa shape index (κ2) is 7.66. The van der Waals surface area contributed by atoms with Gasteiger partial charge in [0.15, 0.2) is 5.11 Å². The summed E-state index contributed by atoms with van der Waals surface area (Å²) in [5.74, 6) is 0.132. The predicted molar refractivity (Wildman–Crippen MR) is 95.9 cm³/mol. The maximum Gasteiger partial charge on any atom is 0.344 e. The molecule has 8 nitrogen and oxygen atoms in total. The number of ether oxygens (including phenoxy) is 2. The first-order chi connectivity index (χ1) is 11.8. The third-order valence-electron chi connectivity index (χ3n) is 3.85. The number of hydrogen-bond donors (Lipinski definition) is 3. The largest absolute Gasteiger partial charge is 0.497 e. The predicted octanol–water partition coefficient (Wildman–Crippen LogP) is 0.876. The molecule has 0 bridgehead atoms. The molecule has 1 aliphatic rings. The van der Waals surface area contributed by atoms with Gasteiger partial charge in [-0.15, -0.1) is 0 Å². The van der Waals surface area contributed by atoms with Crippen molar-refractivity contribution >= 4 is 29.3 Å². The van der Waals surface area contributed by atoms with Gasteiger partial charge in [-0.3, -0.25) is 10.2 Å². The van der Waals surface area contributed by atoms with Crippen LogP contribution in [0.15, 0.2) is 24.3 Å². The van der Waals surface area contributed by atoms with Gasteiger partial charge in [-0.05, 0) is 43.8 Å². The minimum Gasteiger partial charge on any atom is -0.497 e. The molecule has 0 saturated carbocycles. The number of hydrazine groups is 1. The molecule has 136 valence electrons. The molecule has 0 radical (unpaired) electrons. The molecule has 0 unspecified atom stereocenters. The number of nitrogens with zero attached hydrogens (tertiary/aromatic N) is 1. The first-order valence-electron chi connectivity index (χ1n) is 7.69. The zero-order valence-corrected chi connectivity index (χ0v) is 15.4. The second-order valence-electron chi connectivity index (χ2n) is 5.87. The molecule has 0 aliphatic carbocycles. The summed E-state index contributed by atoms with van der Waals surface area (Å²) in [6.07, 6.45) is 0. The Morgan fingerprint density at radius 2 is 2.12 bits per heavy atom. The van der Waals surface area contributed by atoms with Crippen LogP contribution in [0.1, 0.15) is 19.4 Å². The third kappa shape index (κ3) is 3.99. The van der Waals surface area contributed by atoms with Gasteiger partial charge < -0.3 is 20.1 Å². The number of thiocarbonyl (C=S) groups is 1. The van der Waals surface area contributed by atoms with Crippen molar-refractivity contribution in [1.29, 1.82) is 0 Å². The minimum absolute atomic E-state index is 0.0736. The Bertz CT molecular complexity index is 684. The average Bonchev–Trinajstić information content (AvgIpc) is 2.79. The number of hydrogen-bond acceptors (Lipinski definition) is 5. The highest BCUT2D eigenvalue weighted by molar-refractivity contribution is 7.80. The fourth-order valence-electron chi connectivity index (χ4n) is 2.52. The van der Waals surface area contributed by atoms with Crippen LogP contribution in [0.5, 0.6) is 5.75 Å². The van der Waals surface area contributed by atoms with E-state index in [-0.39, 0.29) is 11.2 Å². The third-order valence-corrected chi connectivity index (χ3v) is 4.05. The highest BCUT2D eigenvalue weighted by Gasteiger charge is 2.50. The first-order valence-corrected chi connectivity index (χ1v) is 8.10. The molecule has 1 aromatic rings. The van der Waals surface area contributed by atoms with Crippen molar-refractivity contribution in [2.45, 2.75) is 25.4 Å². The molecule has 2 rings (SSSR count). The topological polar surface area (TPSA) is 91.9 Å². The van der Waals surface area contributed by atoms with Crippen molar-refractivity contribution in [3.05, 3.63) is 29.8 Å². The van der Waals surface area contributed by atoms with Crippen molar-refractivity contribution < 1.29 is 19.1 Å². The van der Waals surface area contributed by atoms with E-state index < -0.39 is 17.5 Å². The Kier molecular flexibility index (Phi) is 5.81. The Morgan fingerprint density at radius 1 is 1.40 bits per heavy atom. The molecular weight excluding hydrogens is 344 g/mol. The molecule has 0 spiro atoms. The number of nitrogens with one attached hydrogen (secondary N) is 3. The second-order valence-corrected chi connectivity index (χ2v) is 6.28. The van der Waals surface area contributed by atoms with Gasteiger partial charge in [0.05, 0.1) is 13.7 Å². The number of methoxy groups -OCH3 is 2. The summed E-state index contributed by atoms with van der Waals surface area (Å²) in [5, 5.41) is 6.65. The molecule has 1 aromatic carbocycles. The highest BCUT2D eigenvalue weighted by Crippen LogP contribution is 2.30. The smallest absolute Gasteiger partial charge is 0.344 e. The SMILES string of the molecule is COC[C@@H](C)NC(=S)NN1C(=O)N[C@](C)(c2cccc(OC)c2)C1=O. The highest BCUT2D eigenvalue weighted by atomic mass is 32.1. The summed E-state index contributed by atoms with van der Waals surface area (Å²) < 4.78 is 10.2. The van der Waals surface area contributed by atoms with Crippen LogP contribution in [0.3, 0.4) is 0 Å². The van der Waals surface area contributed by atoms with Gasteiger partial charge in [-0.25, -0.2) is 4.79 Å². The molecule has 9 heteroatoms. The van der Waals surface area contributed by atoms with Gasteiger partial charge in [0.25, 0.3) is 5.91 Å². The zero-order valence-electron chi connectivity index (χ0n) is 14.6. The van der Waals surface area contributed by atoms with E-state index in [4.69, 9.17) is 21.7 Å². The maximum absolute atomic E-state index is 12.8. The van der Waals surface area contributed by atoms with Crippen LogP contribution in [-0.4, -0.2) is 48.9 Å². The lowest BCUT2D eigenvalue weighted by molar-refractivity contribution is -0.132. The number of carbonyl (C=O) groups excluding carboxylic acids is 2. The number of urea groups is 1. The van der Waals surface area contributed by atoms with E-state index in [9.17, 15) is 9.59 Å². The molecule has 25 heavy (non-hydrogen) atoms. The van der Waals surface area contributed by atoms with E-state index in [1.807, 2.05) is 6.92 Å². The molecule has 1 heterocycles. The Balaban J connectivity index is 2.14. The number of rotatable bonds is 6. The monoisotopic (exact) mass is 366 g/mol. The van der Waals surface area contributed by atoms with Gasteiger partial charge in [0.2, 0.25) is 0 Å². The number of benzene rings is 1. The average molecular weight is 366 g/mol. The maximum atomic E-state index is 12.8. The van der Waals surface area contributed by atoms with E-state index in [1.165, 1.54) is 7.11 Å². The molecule has 1 aliphatic heterocycles. The van der Waals surface area contributed by atoms with Crippen molar-refractivity contribution in [1.82, 2.24) is 21.1 Å². The number of imide groups is 1. The fraction of sp³-hybridized carbons (Fsp3) is 0.438. The first kappa shape index (κ1) is 18.9. The number of amides is 3. The molecule has 1 fully saturated rings. The van der Waals surface area contributed by atoms with Gasteiger partial charge >= 0.3 is 6.03 Å². The fourth-order valence-corrected chi connectivity index (χ4v) is 2.81. The summed E-state index contributed by atoms with van der Waals surface area (Å²) in [6.45, 7) is 3.93. The zero-order chi connectivity index (χ0) is 18.6. The van der Waals surface area contributed by atoms with E-state index in [2.05, 4.69) is 16.1 Å². The Labute approximate surface area is 151 Å². The van der Waals surface area contributed by atoms with Crippen molar-refractivity contribution in [3.8, 4) is 5.75 Å². The number of carbonyl (C=O) groups is 2. The lowest BCUT2D eigenvalue weighted by atomic mass is 9.92. The normalized spacial score (nSPS) is 20.9. The van der Waals surface area contributed by atoms with Gasteiger partial charge in [-0.2, -0.15) is 5.01 Å². The van der Waals surface area contributed by atoms with Crippen molar-refractivity contribution in [2.75, 3.05) is 20.8 Å². The van der Waals surface area contributed by atoms with E-state index in [0.717, 1.165) is 5.01 Å². The van der Waals surface area contributed by atoms with Crippen LogP contribution in [-0.2, 0) is 15.1 Å². The minimum atomic E-state index is -1.22. The summed E-state index contributed by atoms with van der Waals surface area (Å²) in [7, 11) is 3.11. The molecular formula is C16H22N4O4S. The molecule has 3 amide bonds. The van der Waals surface area contributed by atoms with Crippen LogP contribution < -0.4 is 20.8 Å². The lowest BCUT2D eigenvalue weighted by Crippen LogP contribution is -2.53. The summed E-state index contributed by atoms with van der Waals surface area (Å²) in [6, 6.07) is 6.32. The van der Waals surface area contributed by atoms with Crippen LogP contribution in [0.25, 0.3) is 0 Å². The van der Waals surface area contributed by atoms with Gasteiger partial charge in [-0.1, -0.05) is 12.1 Å². The van der Waals surface area contributed by atoms with Crippen molar-refractivity contribution in [3.63, 3.8) is 0 Å². The molecule has 3 N–H and O–H groups in total. The van der Waals surface area contributed by atoms with E-state index in [1.54, 1.807) is 38.3 Å². The van der Waals surface area contributed by atoms with Crippen LogP contribution in [0, 0.1) is 0 Å². The summed E-state index contributed by atoms with van der Waals surface area (Å²) >= 11 is 5.15. The summed E-state index contributed by atoms with van der Waals surface area (Å²) in [4.78, 5) is 25.1. The molecule has 1 saturated heterocycles. The van der Waals surface area contributed by atoms with E-state index >= 15 is 0 Å². The van der Waals surface area contributed by atoms with E-state index in [0.29, 0.717) is 17.9 Å². The van der Waals surface area contributed by atoms with Gasteiger partial charge in [0.1, 0.15) is 11.3 Å². The molecule has 0 aromatic heterocycles. The van der Waals surface area contributed by atoms with Crippen molar-refractivity contribution in [2.24, 2.45) is 0 Å². The van der Waals surface area contributed by atoms with Crippen LogP contribution >= 0.6 is 12.2 Å². The van der Waals surface area contributed by atoms with Gasteiger partial charge in [0, 0.05) is 13.2 Å². The Morgan fingerprint density at radius 3 is 2.76 bits per heavy atom. The quantitative estimate of drug-likeness (QED) is 0.508.